The predicted octanol–water partition coefficient (Wildman–Crippen LogP) is 15.0. The molecular formula is C67H62Cl3SiTi-. The van der Waals surface area contributed by atoms with Crippen molar-refractivity contribution in [2.45, 2.75) is 58.8 Å². The van der Waals surface area contributed by atoms with Crippen LogP contribution in [0.1, 0.15) is 87.0 Å². The Bertz CT molecular complexity index is 2700. The Labute approximate surface area is 463 Å². The van der Waals surface area contributed by atoms with Crippen LogP contribution in [0.4, 0.5) is 0 Å². The molecule has 0 aliphatic heterocycles. The van der Waals surface area contributed by atoms with Crippen LogP contribution in [0.2, 0.25) is 0 Å². The van der Waals surface area contributed by atoms with Crippen molar-refractivity contribution in [2.24, 2.45) is 0 Å². The third-order valence-corrected chi connectivity index (χ3v) is 18.8. The van der Waals surface area contributed by atoms with Gasteiger partial charge in [0.15, 0.2) is 0 Å². The van der Waals surface area contributed by atoms with Crippen LogP contribution in [-0.4, -0.2) is 8.07 Å². The summed E-state index contributed by atoms with van der Waals surface area (Å²) in [5.41, 5.74) is 18.8. The van der Waals surface area contributed by atoms with Crippen LogP contribution in [0.25, 0.3) is 0 Å². The van der Waals surface area contributed by atoms with Crippen LogP contribution >= 0.6 is 37.2 Å². The van der Waals surface area contributed by atoms with Crippen molar-refractivity contribution in [3.63, 3.8) is 0 Å². The van der Waals surface area contributed by atoms with Gasteiger partial charge >= 0.3 is 0 Å². The average molecular weight is 1050 g/mol. The van der Waals surface area contributed by atoms with Gasteiger partial charge in [-0.25, -0.2) is 5.57 Å². The topological polar surface area (TPSA) is 0 Å². The van der Waals surface area contributed by atoms with Gasteiger partial charge < -0.3 is 0 Å². The van der Waals surface area contributed by atoms with Crippen molar-refractivity contribution >= 4 is 60.9 Å². The molecule has 0 atom stereocenters. The maximum absolute atomic E-state index is 3.94. The number of benzene rings is 9. The Balaban J connectivity index is 0.00000212. The molecule has 0 saturated carbocycles. The van der Waals surface area contributed by atoms with Gasteiger partial charge in [-0.3, -0.25) is 6.08 Å². The minimum absolute atomic E-state index is 0. The maximum Gasteiger partial charge on any atom is 0.0996 e. The van der Waals surface area contributed by atoms with Crippen LogP contribution in [0.15, 0.2) is 253 Å². The van der Waals surface area contributed by atoms with Gasteiger partial charge in [-0.1, -0.05) is 266 Å². The molecule has 1 aliphatic carbocycles. The summed E-state index contributed by atoms with van der Waals surface area (Å²) in [6, 6.07) is 89.6. The van der Waals surface area contributed by atoms with Gasteiger partial charge in [0.2, 0.25) is 0 Å². The fourth-order valence-electron chi connectivity index (χ4n) is 10.8. The van der Waals surface area contributed by atoms with Gasteiger partial charge in [-0.15, -0.1) is 43.6 Å². The zero-order valence-electron chi connectivity index (χ0n) is 41.2. The fourth-order valence-corrected chi connectivity index (χ4v) is 16.5. The number of hydrogen-bond donors (Lipinski definition) is 0. The zero-order chi connectivity index (χ0) is 46.1. The molecule has 0 unspecified atom stereocenters. The predicted molar refractivity (Wildman–Crippen MR) is 311 cm³/mol. The summed E-state index contributed by atoms with van der Waals surface area (Å²) in [6.45, 7) is 4.75. The summed E-state index contributed by atoms with van der Waals surface area (Å²) in [4.78, 5) is 0. The first kappa shape index (κ1) is 55.6. The van der Waals surface area contributed by atoms with Crippen LogP contribution in [0.5, 0.6) is 0 Å². The smallest absolute Gasteiger partial charge is 0.0996 e. The van der Waals surface area contributed by atoms with E-state index in [0.717, 1.165) is 44.9 Å². The summed E-state index contributed by atoms with van der Waals surface area (Å²) < 4.78 is 0. The molecule has 0 saturated heterocycles. The van der Waals surface area contributed by atoms with Crippen LogP contribution in [0.3, 0.4) is 0 Å². The largest absolute Gasteiger partial charge is 0.269 e. The van der Waals surface area contributed by atoms with Gasteiger partial charge in [0.05, 0.1) is 8.07 Å². The Morgan fingerprint density at radius 2 is 0.514 bits per heavy atom. The summed E-state index contributed by atoms with van der Waals surface area (Å²) in [7, 11) is -3.23. The molecule has 0 fully saturated rings. The van der Waals surface area contributed by atoms with E-state index in [-0.39, 0.29) is 58.9 Å². The molecule has 360 valence electrons. The average Bonchev–Trinajstić information content (AvgIpc) is 3.70. The van der Waals surface area contributed by atoms with Gasteiger partial charge in [-0.05, 0) is 105 Å². The van der Waals surface area contributed by atoms with E-state index in [0.29, 0.717) is 0 Å². The van der Waals surface area contributed by atoms with Gasteiger partial charge in [0.1, 0.15) is 0 Å². The number of hydrogen-bond acceptors (Lipinski definition) is 0. The normalized spacial score (nSPS) is 11.9. The third kappa shape index (κ3) is 13.3. The Kier molecular flexibility index (Phi) is 20.3. The first-order valence-corrected chi connectivity index (χ1v) is 26.4. The Morgan fingerprint density at radius 1 is 0.306 bits per heavy atom. The van der Waals surface area contributed by atoms with Crippen LogP contribution < -0.4 is 15.6 Å². The molecule has 0 radical (unpaired) electrons. The molecule has 9 aromatic rings. The first-order valence-electron chi connectivity index (χ1n) is 24.4. The van der Waals surface area contributed by atoms with Gasteiger partial charge in [0, 0.05) is 21.7 Å². The van der Waals surface area contributed by atoms with Crippen molar-refractivity contribution in [1.29, 1.82) is 0 Å². The molecule has 0 heterocycles. The SMILES string of the molecule is CC1=[C-]CC(C)=C1[Si](c1cc(Cc2ccccc2)cc(Cc2ccccc2)c1)(c1cc(Cc2ccccc2)cc(Cc2ccccc2)c1)c1cc(Cc2ccccc2)cc(Cc2ccccc2)c1.Cl.Cl.Cl.[Ti]. The summed E-state index contributed by atoms with van der Waals surface area (Å²) in [6.07, 6.45) is 9.95. The van der Waals surface area contributed by atoms with E-state index in [1.807, 2.05) is 0 Å². The van der Waals surface area contributed by atoms with E-state index in [9.17, 15) is 0 Å². The minimum Gasteiger partial charge on any atom is -0.269 e. The monoisotopic (exact) mass is 1050 g/mol. The second-order valence-electron chi connectivity index (χ2n) is 19.0. The van der Waals surface area contributed by atoms with E-state index in [1.54, 1.807) is 0 Å². The zero-order valence-corrected chi connectivity index (χ0v) is 46.2. The van der Waals surface area contributed by atoms with E-state index < -0.39 is 8.07 Å². The van der Waals surface area contributed by atoms with E-state index in [2.05, 4.69) is 257 Å². The van der Waals surface area contributed by atoms with Crippen molar-refractivity contribution in [1.82, 2.24) is 0 Å². The van der Waals surface area contributed by atoms with Crippen molar-refractivity contribution in [2.75, 3.05) is 0 Å². The minimum atomic E-state index is -3.23. The molecule has 10 rings (SSSR count). The summed E-state index contributed by atoms with van der Waals surface area (Å²) >= 11 is 0. The van der Waals surface area contributed by atoms with Gasteiger partial charge in [0.25, 0.3) is 0 Å². The molecule has 9 aromatic carbocycles. The van der Waals surface area contributed by atoms with Crippen molar-refractivity contribution < 1.29 is 21.7 Å². The molecule has 0 bridgehead atoms. The van der Waals surface area contributed by atoms with E-state index in [1.165, 1.54) is 98.7 Å². The summed E-state index contributed by atoms with van der Waals surface area (Å²) in [5.74, 6) is 0. The second kappa shape index (κ2) is 26.3. The molecule has 0 aromatic heterocycles. The Hall–Kier alpha value is -5.74. The molecule has 72 heavy (non-hydrogen) atoms. The van der Waals surface area contributed by atoms with Crippen LogP contribution in [0, 0.1) is 6.08 Å². The molecule has 5 heteroatoms. The third-order valence-electron chi connectivity index (χ3n) is 13.8. The number of allylic oxidation sites excluding steroid dienone is 4. The molecule has 0 nitrogen and oxygen atoms in total. The fraction of sp³-hybridized carbons (Fsp3) is 0.134. The summed E-state index contributed by atoms with van der Waals surface area (Å²) in [5, 5.41) is 5.84. The van der Waals surface area contributed by atoms with Crippen LogP contribution in [-0.2, 0) is 60.2 Å². The molecule has 0 amide bonds. The van der Waals surface area contributed by atoms with Crippen molar-refractivity contribution in [3.05, 3.63) is 326 Å². The van der Waals surface area contributed by atoms with Crippen molar-refractivity contribution in [3.8, 4) is 0 Å². The maximum atomic E-state index is 3.94. The molecule has 1 aliphatic rings. The first-order chi connectivity index (χ1) is 33.4. The standard InChI is InChI=1S/C67H59Si.3ClH.Ti/c1-50-33-34-51(2)67(50)68(64-44-58(35-52-21-9-3-10-22-52)41-59(45-64)36-53-23-11-4-12-24-53,65-46-60(37-54-25-13-5-14-26-54)42-61(47-65)38-55-27-15-6-16-28-55)66-48-62(39-56-29-17-7-18-30-56)43-63(49-66)40-57-31-19-8-20-32-57;;;;/h3-32,41-49H,33,35-40H2,1-2H3;3*1H;/q-1;;;;. The molecule has 0 spiro atoms. The quantitative estimate of drug-likeness (QED) is 0.0514. The number of rotatable bonds is 16. The number of halogens is 3. The molecule has 0 N–H and O–H groups in total. The van der Waals surface area contributed by atoms with E-state index >= 15 is 0 Å². The van der Waals surface area contributed by atoms with E-state index in [4.69, 9.17) is 0 Å². The molecular weight excluding hydrogens is 987 g/mol. The van der Waals surface area contributed by atoms with Gasteiger partial charge in [-0.2, -0.15) is 10.8 Å². The second-order valence-corrected chi connectivity index (χ2v) is 22.7. The Morgan fingerprint density at radius 3 is 0.694 bits per heavy atom.